The lowest BCUT2D eigenvalue weighted by Crippen LogP contribution is -2.25. The second-order valence-electron chi connectivity index (χ2n) is 3.40. The number of hydrogen-bond donors (Lipinski definition) is 2. The van der Waals surface area contributed by atoms with Gasteiger partial charge in [-0.05, 0) is 24.1 Å². The lowest BCUT2D eigenvalue weighted by atomic mass is 10.0. The summed E-state index contributed by atoms with van der Waals surface area (Å²) in [4.78, 5) is 0. The van der Waals surface area contributed by atoms with E-state index in [0.717, 1.165) is 0 Å². The Kier molecular flexibility index (Phi) is 6.33. The van der Waals surface area contributed by atoms with Gasteiger partial charge >= 0.3 is 0 Å². The first-order valence-corrected chi connectivity index (χ1v) is 4.87. The van der Waals surface area contributed by atoms with E-state index in [1.807, 2.05) is 6.92 Å². The first-order valence-electron chi connectivity index (χ1n) is 4.87. The number of halogens is 2. The molecular formula is C11H17ClFNO2. The van der Waals surface area contributed by atoms with Gasteiger partial charge in [-0.15, -0.1) is 12.4 Å². The molecule has 0 unspecified atom stereocenters. The van der Waals surface area contributed by atoms with Crippen molar-refractivity contribution < 1.29 is 14.2 Å². The van der Waals surface area contributed by atoms with Gasteiger partial charge in [-0.3, -0.25) is 0 Å². The van der Waals surface area contributed by atoms with E-state index in [1.165, 1.54) is 19.2 Å². The van der Waals surface area contributed by atoms with Gasteiger partial charge in [-0.25, -0.2) is 4.39 Å². The molecule has 3 N–H and O–H groups in total. The lowest BCUT2D eigenvalue weighted by Gasteiger charge is -2.18. The van der Waals surface area contributed by atoms with Crippen molar-refractivity contribution in [2.24, 2.45) is 5.73 Å². The molecule has 92 valence electrons. The maximum Gasteiger partial charge on any atom is 0.165 e. The molecule has 0 spiro atoms. The smallest absolute Gasteiger partial charge is 0.165 e. The molecule has 0 bridgehead atoms. The van der Waals surface area contributed by atoms with Crippen LogP contribution in [0.15, 0.2) is 18.2 Å². The predicted octanol–water partition coefficient (Wildman–Crippen LogP) is 2.03. The second kappa shape index (κ2) is 6.68. The van der Waals surface area contributed by atoms with Crippen LogP contribution in [0.1, 0.15) is 24.9 Å². The molecule has 0 aliphatic carbocycles. The molecule has 0 fully saturated rings. The fourth-order valence-corrected chi connectivity index (χ4v) is 1.36. The van der Waals surface area contributed by atoms with Gasteiger partial charge in [0.25, 0.3) is 0 Å². The fourth-order valence-electron chi connectivity index (χ4n) is 1.36. The van der Waals surface area contributed by atoms with Crippen LogP contribution in [-0.4, -0.2) is 18.3 Å². The van der Waals surface area contributed by atoms with Crippen LogP contribution >= 0.6 is 12.4 Å². The van der Waals surface area contributed by atoms with E-state index in [9.17, 15) is 9.50 Å². The Morgan fingerprint density at radius 3 is 2.62 bits per heavy atom. The van der Waals surface area contributed by atoms with Crippen LogP contribution in [0.5, 0.6) is 5.75 Å². The Hall–Kier alpha value is -0.840. The topological polar surface area (TPSA) is 55.5 Å². The number of aliphatic hydroxyl groups is 1. The highest BCUT2D eigenvalue weighted by molar-refractivity contribution is 5.85. The summed E-state index contributed by atoms with van der Waals surface area (Å²) in [6.45, 7) is 1.84. The average molecular weight is 250 g/mol. The van der Waals surface area contributed by atoms with Crippen molar-refractivity contribution in [2.45, 2.75) is 25.5 Å². The highest BCUT2D eigenvalue weighted by Gasteiger charge is 2.16. The molecule has 2 atom stereocenters. The Balaban J connectivity index is 0.00000225. The van der Waals surface area contributed by atoms with Crippen LogP contribution in [0.25, 0.3) is 0 Å². The fraction of sp³-hybridized carbons (Fsp3) is 0.455. The minimum Gasteiger partial charge on any atom is -0.494 e. The van der Waals surface area contributed by atoms with Crippen LogP contribution in [-0.2, 0) is 0 Å². The minimum absolute atomic E-state index is 0. The van der Waals surface area contributed by atoms with E-state index in [-0.39, 0.29) is 18.2 Å². The average Bonchev–Trinajstić information content (AvgIpc) is 2.27. The lowest BCUT2D eigenvalue weighted by molar-refractivity contribution is 0.140. The zero-order valence-electron chi connectivity index (χ0n) is 9.31. The summed E-state index contributed by atoms with van der Waals surface area (Å²) in [7, 11) is 1.39. The van der Waals surface area contributed by atoms with Crippen LogP contribution in [0.4, 0.5) is 4.39 Å². The van der Waals surface area contributed by atoms with Gasteiger partial charge in [0.15, 0.2) is 11.6 Å². The highest BCUT2D eigenvalue weighted by Crippen LogP contribution is 2.23. The number of methoxy groups -OCH3 is 1. The maximum atomic E-state index is 13.1. The van der Waals surface area contributed by atoms with E-state index < -0.39 is 18.0 Å². The van der Waals surface area contributed by atoms with Crippen LogP contribution in [0.3, 0.4) is 0 Å². The van der Waals surface area contributed by atoms with E-state index in [2.05, 4.69) is 0 Å². The van der Waals surface area contributed by atoms with Gasteiger partial charge in [0.1, 0.15) is 0 Å². The first-order chi connectivity index (χ1) is 7.10. The van der Waals surface area contributed by atoms with Crippen molar-refractivity contribution in [3.05, 3.63) is 29.6 Å². The minimum atomic E-state index is -0.625. The zero-order valence-corrected chi connectivity index (χ0v) is 10.1. The van der Waals surface area contributed by atoms with Crippen molar-refractivity contribution >= 4 is 12.4 Å². The zero-order chi connectivity index (χ0) is 11.4. The van der Waals surface area contributed by atoms with Gasteiger partial charge < -0.3 is 15.6 Å². The normalized spacial score (nSPS) is 13.8. The molecule has 0 amide bonds. The molecule has 0 saturated heterocycles. The molecule has 0 aliphatic rings. The Labute approximate surface area is 101 Å². The summed E-state index contributed by atoms with van der Waals surface area (Å²) in [5, 5.41) is 9.55. The third-order valence-corrected chi connectivity index (χ3v) is 2.39. The van der Waals surface area contributed by atoms with E-state index >= 15 is 0 Å². The molecule has 0 aromatic heterocycles. The molecule has 0 heterocycles. The van der Waals surface area contributed by atoms with Crippen LogP contribution in [0.2, 0.25) is 0 Å². The quantitative estimate of drug-likeness (QED) is 0.859. The first kappa shape index (κ1) is 15.2. The molecule has 0 aliphatic heterocycles. The molecule has 0 radical (unpaired) electrons. The number of benzene rings is 1. The third kappa shape index (κ3) is 3.33. The van der Waals surface area contributed by atoms with Crippen molar-refractivity contribution in [3.63, 3.8) is 0 Å². The van der Waals surface area contributed by atoms with Gasteiger partial charge in [0.2, 0.25) is 0 Å². The molecule has 5 heteroatoms. The Morgan fingerprint density at radius 1 is 1.50 bits per heavy atom. The summed E-state index contributed by atoms with van der Waals surface area (Å²) in [6.07, 6.45) is -0.0684. The van der Waals surface area contributed by atoms with Gasteiger partial charge in [-0.2, -0.15) is 0 Å². The summed E-state index contributed by atoms with van der Waals surface area (Å²) >= 11 is 0. The van der Waals surface area contributed by atoms with Crippen molar-refractivity contribution in [1.82, 2.24) is 0 Å². The van der Waals surface area contributed by atoms with E-state index in [0.29, 0.717) is 12.0 Å². The maximum absolute atomic E-state index is 13.1. The Bertz CT molecular complexity index is 336. The number of nitrogens with two attached hydrogens (primary N) is 1. The van der Waals surface area contributed by atoms with Crippen LogP contribution in [0, 0.1) is 5.82 Å². The predicted molar refractivity (Wildman–Crippen MR) is 63.4 cm³/mol. The standard InChI is InChI=1S/C11H16FNO2.ClH/c1-3-9(14)11(13)7-4-5-8(12)10(6-7)15-2;/h4-6,9,11,14H,3,13H2,1-2H3;1H/t9-,11+;/m1./s1. The largest absolute Gasteiger partial charge is 0.494 e. The third-order valence-electron chi connectivity index (χ3n) is 2.39. The summed E-state index contributed by atoms with van der Waals surface area (Å²) in [5.41, 5.74) is 6.46. The molecular weight excluding hydrogens is 233 g/mol. The van der Waals surface area contributed by atoms with Crippen molar-refractivity contribution in [2.75, 3.05) is 7.11 Å². The monoisotopic (exact) mass is 249 g/mol. The van der Waals surface area contributed by atoms with Crippen molar-refractivity contribution in [3.8, 4) is 5.75 Å². The van der Waals surface area contributed by atoms with Gasteiger partial charge in [0.05, 0.1) is 19.3 Å². The van der Waals surface area contributed by atoms with Gasteiger partial charge in [-0.1, -0.05) is 13.0 Å². The van der Waals surface area contributed by atoms with E-state index in [4.69, 9.17) is 10.5 Å². The number of rotatable bonds is 4. The highest BCUT2D eigenvalue weighted by atomic mass is 35.5. The molecule has 1 rings (SSSR count). The number of ether oxygens (including phenoxy) is 1. The molecule has 1 aromatic carbocycles. The van der Waals surface area contributed by atoms with E-state index in [1.54, 1.807) is 6.07 Å². The molecule has 3 nitrogen and oxygen atoms in total. The number of aliphatic hydroxyl groups excluding tert-OH is 1. The van der Waals surface area contributed by atoms with Crippen molar-refractivity contribution in [1.29, 1.82) is 0 Å². The SMILES string of the molecule is CC[C@@H](O)[C@@H](N)c1ccc(F)c(OC)c1.Cl. The molecule has 16 heavy (non-hydrogen) atoms. The summed E-state index contributed by atoms with van der Waals surface area (Å²) in [6, 6.07) is 3.85. The summed E-state index contributed by atoms with van der Waals surface area (Å²) in [5.74, 6) is -0.286. The summed E-state index contributed by atoms with van der Waals surface area (Å²) < 4.78 is 17.9. The molecule has 1 aromatic rings. The van der Waals surface area contributed by atoms with Crippen LogP contribution < -0.4 is 10.5 Å². The number of hydrogen-bond acceptors (Lipinski definition) is 3. The second-order valence-corrected chi connectivity index (χ2v) is 3.40. The Morgan fingerprint density at radius 2 is 2.12 bits per heavy atom. The molecule has 0 saturated carbocycles. The van der Waals surface area contributed by atoms with Gasteiger partial charge in [0, 0.05) is 0 Å².